The van der Waals surface area contributed by atoms with Crippen molar-refractivity contribution in [2.75, 3.05) is 19.0 Å². The van der Waals surface area contributed by atoms with Crippen molar-refractivity contribution in [1.82, 2.24) is 5.32 Å². The summed E-state index contributed by atoms with van der Waals surface area (Å²) in [6, 6.07) is 7.43. The molecule has 2 aromatic rings. The predicted molar refractivity (Wildman–Crippen MR) is 100 cm³/mol. The van der Waals surface area contributed by atoms with Crippen LogP contribution >= 0.6 is 22.9 Å². The van der Waals surface area contributed by atoms with E-state index < -0.39 is 0 Å². The summed E-state index contributed by atoms with van der Waals surface area (Å²) >= 11 is 7.58. The zero-order valence-electron chi connectivity index (χ0n) is 13.6. The second kappa shape index (κ2) is 7.70. The van der Waals surface area contributed by atoms with Gasteiger partial charge in [-0.25, -0.2) is 0 Å². The van der Waals surface area contributed by atoms with E-state index in [1.807, 2.05) is 0 Å². The molecule has 0 aliphatic carbocycles. The van der Waals surface area contributed by atoms with Gasteiger partial charge in [-0.2, -0.15) is 5.26 Å². The number of methoxy groups -OCH3 is 1. The molecule has 1 aromatic heterocycles. The highest BCUT2D eigenvalue weighted by molar-refractivity contribution is 7.16. The van der Waals surface area contributed by atoms with E-state index in [0.717, 1.165) is 30.0 Å². The van der Waals surface area contributed by atoms with Crippen LogP contribution in [-0.2, 0) is 17.8 Å². The standard InChI is InChI=1S/C18H16ClN3O2S/c1-24-12-3-4-15(19)11(8-12)2-5-17(23)22-18-14(9-20)13-6-7-21-10-16(13)25-18/h2-5,8,21H,6-7,10H2,1H3,(H,22,23). The second-order valence-electron chi connectivity index (χ2n) is 5.46. The van der Waals surface area contributed by atoms with Gasteiger partial charge in [0.15, 0.2) is 0 Å². The molecule has 128 valence electrons. The fourth-order valence-electron chi connectivity index (χ4n) is 2.64. The molecule has 0 saturated heterocycles. The first kappa shape index (κ1) is 17.5. The van der Waals surface area contributed by atoms with Crippen molar-refractivity contribution < 1.29 is 9.53 Å². The van der Waals surface area contributed by atoms with E-state index in [1.54, 1.807) is 31.4 Å². The highest BCUT2D eigenvalue weighted by atomic mass is 35.5. The fraction of sp³-hybridized carbons (Fsp3) is 0.222. The first-order valence-corrected chi connectivity index (χ1v) is 8.89. The number of benzene rings is 1. The van der Waals surface area contributed by atoms with Crippen LogP contribution in [0.2, 0.25) is 5.02 Å². The minimum Gasteiger partial charge on any atom is -0.497 e. The Morgan fingerprint density at radius 1 is 1.52 bits per heavy atom. The molecule has 0 spiro atoms. The number of carbonyl (C=O) groups is 1. The van der Waals surface area contributed by atoms with Crippen LogP contribution in [0.5, 0.6) is 5.75 Å². The zero-order chi connectivity index (χ0) is 17.8. The minimum absolute atomic E-state index is 0.304. The number of nitrogens with one attached hydrogen (secondary N) is 2. The molecule has 2 N–H and O–H groups in total. The van der Waals surface area contributed by atoms with Gasteiger partial charge < -0.3 is 15.4 Å². The van der Waals surface area contributed by atoms with Gasteiger partial charge in [0.2, 0.25) is 5.91 Å². The van der Waals surface area contributed by atoms with E-state index in [0.29, 0.717) is 26.9 Å². The molecule has 1 aliphatic heterocycles. The maximum Gasteiger partial charge on any atom is 0.249 e. The van der Waals surface area contributed by atoms with Crippen molar-refractivity contribution in [1.29, 1.82) is 5.26 Å². The third-order valence-corrected chi connectivity index (χ3v) is 5.39. The van der Waals surface area contributed by atoms with Crippen molar-refractivity contribution in [2.45, 2.75) is 13.0 Å². The summed E-state index contributed by atoms with van der Waals surface area (Å²) in [6.45, 7) is 1.58. The van der Waals surface area contributed by atoms with E-state index in [9.17, 15) is 10.1 Å². The monoisotopic (exact) mass is 373 g/mol. The Morgan fingerprint density at radius 2 is 2.36 bits per heavy atom. The quantitative estimate of drug-likeness (QED) is 0.803. The van der Waals surface area contributed by atoms with E-state index in [1.165, 1.54) is 17.4 Å². The van der Waals surface area contributed by atoms with Gasteiger partial charge in [0.25, 0.3) is 0 Å². The summed E-state index contributed by atoms with van der Waals surface area (Å²) in [6.07, 6.45) is 3.83. The molecular formula is C18H16ClN3O2S. The van der Waals surface area contributed by atoms with Gasteiger partial charge in [0.1, 0.15) is 16.8 Å². The van der Waals surface area contributed by atoms with Gasteiger partial charge in [-0.15, -0.1) is 11.3 Å². The van der Waals surface area contributed by atoms with Crippen LogP contribution in [-0.4, -0.2) is 19.6 Å². The van der Waals surface area contributed by atoms with Gasteiger partial charge >= 0.3 is 0 Å². The number of nitriles is 1. The maximum atomic E-state index is 12.2. The van der Waals surface area contributed by atoms with E-state index in [4.69, 9.17) is 16.3 Å². The first-order chi connectivity index (χ1) is 12.1. The summed E-state index contributed by atoms with van der Waals surface area (Å²) < 4.78 is 5.16. The van der Waals surface area contributed by atoms with Gasteiger partial charge in [0.05, 0.1) is 12.7 Å². The molecular weight excluding hydrogens is 358 g/mol. The van der Waals surface area contributed by atoms with Crippen LogP contribution in [0, 0.1) is 11.3 Å². The highest BCUT2D eigenvalue weighted by Gasteiger charge is 2.21. The molecule has 0 unspecified atom stereocenters. The summed E-state index contributed by atoms with van der Waals surface area (Å²) in [5, 5.41) is 16.6. The number of ether oxygens (including phenoxy) is 1. The summed E-state index contributed by atoms with van der Waals surface area (Å²) in [5.74, 6) is 0.358. The summed E-state index contributed by atoms with van der Waals surface area (Å²) in [4.78, 5) is 13.4. The van der Waals surface area contributed by atoms with Crippen molar-refractivity contribution >= 4 is 39.9 Å². The number of carbonyl (C=O) groups excluding carboxylic acids is 1. The van der Waals surface area contributed by atoms with Crippen molar-refractivity contribution in [2.24, 2.45) is 0 Å². The van der Waals surface area contributed by atoms with Crippen LogP contribution in [0.3, 0.4) is 0 Å². The molecule has 25 heavy (non-hydrogen) atoms. The van der Waals surface area contributed by atoms with Gasteiger partial charge in [-0.3, -0.25) is 4.79 Å². The third-order valence-electron chi connectivity index (χ3n) is 3.89. The number of rotatable bonds is 4. The van der Waals surface area contributed by atoms with E-state index in [2.05, 4.69) is 16.7 Å². The van der Waals surface area contributed by atoms with Crippen LogP contribution in [0.25, 0.3) is 6.08 Å². The Hall–Kier alpha value is -2.33. The highest BCUT2D eigenvalue weighted by Crippen LogP contribution is 2.34. The van der Waals surface area contributed by atoms with Crippen molar-refractivity contribution in [3.8, 4) is 11.8 Å². The SMILES string of the molecule is COc1ccc(Cl)c(C=CC(=O)Nc2sc3c(c2C#N)CCNC3)c1. The van der Waals surface area contributed by atoms with Crippen LogP contribution < -0.4 is 15.4 Å². The minimum atomic E-state index is -0.304. The van der Waals surface area contributed by atoms with Crippen molar-refractivity contribution in [3.63, 3.8) is 0 Å². The average Bonchev–Trinajstić information content (AvgIpc) is 2.97. The Balaban J connectivity index is 1.77. The molecule has 1 aromatic carbocycles. The zero-order valence-corrected chi connectivity index (χ0v) is 15.1. The number of anilines is 1. The second-order valence-corrected chi connectivity index (χ2v) is 6.97. The number of nitrogens with zero attached hydrogens (tertiary/aromatic N) is 1. The maximum absolute atomic E-state index is 12.2. The molecule has 1 aliphatic rings. The molecule has 0 fully saturated rings. The Bertz CT molecular complexity index is 883. The lowest BCUT2D eigenvalue weighted by Crippen LogP contribution is -2.22. The lowest BCUT2D eigenvalue weighted by Gasteiger charge is -2.11. The topological polar surface area (TPSA) is 74.1 Å². The van der Waals surface area contributed by atoms with Crippen LogP contribution in [0.1, 0.15) is 21.6 Å². The predicted octanol–water partition coefficient (Wildman–Crippen LogP) is 3.58. The number of hydrogen-bond donors (Lipinski definition) is 2. The molecule has 1 amide bonds. The molecule has 7 heteroatoms. The first-order valence-electron chi connectivity index (χ1n) is 7.70. The molecule has 0 atom stereocenters. The molecule has 5 nitrogen and oxygen atoms in total. The van der Waals surface area contributed by atoms with Crippen LogP contribution in [0.15, 0.2) is 24.3 Å². The molecule has 0 radical (unpaired) electrons. The number of hydrogen-bond acceptors (Lipinski definition) is 5. The van der Waals surface area contributed by atoms with Crippen molar-refractivity contribution in [3.05, 3.63) is 50.9 Å². The summed E-state index contributed by atoms with van der Waals surface area (Å²) in [5.41, 5.74) is 2.30. The van der Waals surface area contributed by atoms with Gasteiger partial charge in [-0.1, -0.05) is 11.6 Å². The lowest BCUT2D eigenvalue weighted by molar-refractivity contribution is -0.111. The van der Waals surface area contributed by atoms with E-state index >= 15 is 0 Å². The average molecular weight is 374 g/mol. The van der Waals surface area contributed by atoms with Crippen LogP contribution in [0.4, 0.5) is 5.00 Å². The Morgan fingerprint density at radius 3 is 3.12 bits per heavy atom. The Labute approximate surface area is 154 Å². The number of thiophene rings is 1. The number of fused-ring (bicyclic) bond motifs is 1. The molecule has 0 saturated carbocycles. The smallest absolute Gasteiger partial charge is 0.249 e. The third kappa shape index (κ3) is 3.85. The molecule has 2 heterocycles. The Kier molecular flexibility index (Phi) is 5.39. The van der Waals surface area contributed by atoms with E-state index in [-0.39, 0.29) is 5.91 Å². The van der Waals surface area contributed by atoms with Gasteiger partial charge in [-0.05, 0) is 48.4 Å². The van der Waals surface area contributed by atoms with Gasteiger partial charge in [0, 0.05) is 22.5 Å². The largest absolute Gasteiger partial charge is 0.497 e. The number of halogens is 1. The fourth-order valence-corrected chi connectivity index (χ4v) is 3.99. The molecule has 0 bridgehead atoms. The normalized spacial score (nSPS) is 13.3. The lowest BCUT2D eigenvalue weighted by atomic mass is 10.1. The summed E-state index contributed by atoms with van der Waals surface area (Å²) in [7, 11) is 1.57. The number of amides is 1. The molecule has 3 rings (SSSR count).